The topological polar surface area (TPSA) is 114 Å². The first-order chi connectivity index (χ1) is 18.8. The predicted molar refractivity (Wildman–Crippen MR) is 148 cm³/mol. The van der Waals surface area contributed by atoms with E-state index in [9.17, 15) is 19.6 Å². The first-order valence-corrected chi connectivity index (χ1v) is 14.5. The van der Waals surface area contributed by atoms with Crippen molar-refractivity contribution in [2.75, 3.05) is 43.0 Å². The van der Waals surface area contributed by atoms with Gasteiger partial charge in [0.1, 0.15) is 22.5 Å². The minimum atomic E-state index is -0.383. The lowest BCUT2D eigenvalue weighted by atomic mass is 10.0. The van der Waals surface area contributed by atoms with Crippen molar-refractivity contribution in [3.8, 4) is 17.3 Å². The second-order valence-corrected chi connectivity index (χ2v) is 11.8. The Morgan fingerprint density at radius 1 is 1.23 bits per heavy atom. The SMILES string of the molecule is CCc1nc2sc(N3CCC(CC(=O)N4CC(O)C4)C3)nn2c1N(C)c1nc(-c2ccc(F)cc2)c(C#N)s1. The largest absolute Gasteiger partial charge is 0.389 e. The number of carbonyl (C=O) groups is 1. The summed E-state index contributed by atoms with van der Waals surface area (Å²) in [6.45, 7) is 4.49. The number of imidazole rings is 1. The van der Waals surface area contributed by atoms with Gasteiger partial charge in [0.15, 0.2) is 10.9 Å². The Labute approximate surface area is 232 Å². The number of nitrogens with zero attached hydrogens (tertiary/aromatic N) is 8. The van der Waals surface area contributed by atoms with Crippen LogP contribution in [0.1, 0.15) is 30.3 Å². The number of rotatable bonds is 7. The summed E-state index contributed by atoms with van der Waals surface area (Å²) in [6, 6.07) is 8.20. The van der Waals surface area contributed by atoms with Crippen LogP contribution in [0.5, 0.6) is 0 Å². The zero-order valence-corrected chi connectivity index (χ0v) is 23.2. The van der Waals surface area contributed by atoms with Gasteiger partial charge in [0.2, 0.25) is 16.0 Å². The molecular formula is C26H27FN8O2S2. The number of hydrogen-bond donors (Lipinski definition) is 1. The van der Waals surface area contributed by atoms with Gasteiger partial charge in [-0.25, -0.2) is 14.4 Å². The fourth-order valence-electron chi connectivity index (χ4n) is 5.10. The summed E-state index contributed by atoms with van der Waals surface area (Å²) in [4.78, 5) is 29.1. The number of aromatic nitrogens is 4. The molecule has 1 N–H and O–H groups in total. The zero-order valence-electron chi connectivity index (χ0n) is 21.5. The molecule has 13 heteroatoms. The second-order valence-electron chi connectivity index (χ2n) is 9.92. The highest BCUT2D eigenvalue weighted by Gasteiger charge is 2.33. The number of carbonyl (C=O) groups excluding carboxylic acids is 1. The number of aryl methyl sites for hydroxylation is 1. The van der Waals surface area contributed by atoms with Crippen LogP contribution in [0, 0.1) is 23.1 Å². The molecule has 4 aromatic rings. The van der Waals surface area contributed by atoms with Crippen LogP contribution in [0.2, 0.25) is 0 Å². The van der Waals surface area contributed by atoms with Gasteiger partial charge in [-0.2, -0.15) is 9.78 Å². The van der Waals surface area contributed by atoms with Crippen molar-refractivity contribution in [3.63, 3.8) is 0 Å². The molecule has 5 heterocycles. The van der Waals surface area contributed by atoms with E-state index >= 15 is 0 Å². The van der Waals surface area contributed by atoms with E-state index in [0.717, 1.165) is 41.1 Å². The summed E-state index contributed by atoms with van der Waals surface area (Å²) in [6.07, 6.45) is 1.72. The highest BCUT2D eigenvalue weighted by atomic mass is 32.1. The van der Waals surface area contributed by atoms with Crippen molar-refractivity contribution in [2.45, 2.75) is 32.3 Å². The van der Waals surface area contributed by atoms with E-state index in [0.29, 0.717) is 47.2 Å². The lowest BCUT2D eigenvalue weighted by Gasteiger charge is -2.36. The molecule has 2 saturated heterocycles. The van der Waals surface area contributed by atoms with E-state index in [1.165, 1.54) is 34.8 Å². The van der Waals surface area contributed by atoms with Gasteiger partial charge in [0.05, 0.1) is 11.8 Å². The van der Waals surface area contributed by atoms with Gasteiger partial charge in [-0.05, 0) is 43.0 Å². The van der Waals surface area contributed by atoms with Crippen LogP contribution in [-0.2, 0) is 11.2 Å². The number of hydrogen-bond acceptors (Lipinski definition) is 10. The maximum absolute atomic E-state index is 13.5. The number of β-amino-alcohol motifs (C(OH)–C–C–N with tert-alkyl or cyclic N) is 1. The highest BCUT2D eigenvalue weighted by Crippen LogP contribution is 2.39. The number of likely N-dealkylation sites (tertiary alicyclic amines) is 1. The second kappa shape index (κ2) is 10.2. The quantitative estimate of drug-likeness (QED) is 0.361. The Balaban J connectivity index is 1.25. The van der Waals surface area contributed by atoms with Gasteiger partial charge < -0.3 is 19.8 Å². The average molecular weight is 567 g/mol. The number of aliphatic hydroxyl groups is 1. The number of amides is 1. The fourth-order valence-corrected chi connectivity index (χ4v) is 6.90. The summed E-state index contributed by atoms with van der Waals surface area (Å²) in [7, 11) is 1.89. The molecule has 1 unspecified atom stereocenters. The van der Waals surface area contributed by atoms with E-state index in [1.807, 2.05) is 23.4 Å². The molecule has 3 aromatic heterocycles. The number of aliphatic hydroxyl groups excluding tert-OH is 1. The van der Waals surface area contributed by atoms with Crippen LogP contribution in [-0.4, -0.2) is 74.8 Å². The molecule has 39 heavy (non-hydrogen) atoms. The lowest BCUT2D eigenvalue weighted by molar-refractivity contribution is -0.142. The first-order valence-electron chi connectivity index (χ1n) is 12.8. The Hall–Kier alpha value is -3.60. The van der Waals surface area contributed by atoms with Crippen molar-refractivity contribution in [1.29, 1.82) is 5.26 Å². The first kappa shape index (κ1) is 25.7. The molecule has 2 aliphatic rings. The van der Waals surface area contributed by atoms with Gasteiger partial charge in [0, 0.05) is 45.2 Å². The predicted octanol–water partition coefficient (Wildman–Crippen LogP) is 3.67. The maximum atomic E-state index is 13.5. The summed E-state index contributed by atoms with van der Waals surface area (Å²) in [5, 5.41) is 25.6. The smallest absolute Gasteiger partial charge is 0.223 e. The molecular weight excluding hydrogens is 539 g/mol. The average Bonchev–Trinajstić information content (AvgIpc) is 3.69. The number of halogens is 1. The van der Waals surface area contributed by atoms with Gasteiger partial charge in [-0.1, -0.05) is 29.6 Å². The Morgan fingerprint density at radius 2 is 2.00 bits per heavy atom. The van der Waals surface area contributed by atoms with Gasteiger partial charge >= 0.3 is 0 Å². The van der Waals surface area contributed by atoms with Gasteiger partial charge in [0.25, 0.3) is 0 Å². The van der Waals surface area contributed by atoms with Crippen molar-refractivity contribution in [1.82, 2.24) is 24.5 Å². The van der Waals surface area contributed by atoms with Gasteiger partial charge in [-0.15, -0.1) is 5.10 Å². The van der Waals surface area contributed by atoms with Crippen molar-refractivity contribution < 1.29 is 14.3 Å². The third-order valence-electron chi connectivity index (χ3n) is 7.25. The number of benzene rings is 1. The van der Waals surface area contributed by atoms with E-state index in [1.54, 1.807) is 17.0 Å². The maximum Gasteiger partial charge on any atom is 0.223 e. The third kappa shape index (κ3) is 4.73. The van der Waals surface area contributed by atoms with Crippen molar-refractivity contribution in [2.24, 2.45) is 5.92 Å². The molecule has 1 amide bonds. The zero-order chi connectivity index (χ0) is 27.3. The molecule has 10 nitrogen and oxygen atoms in total. The van der Waals surface area contributed by atoms with Crippen molar-refractivity contribution in [3.05, 3.63) is 40.7 Å². The summed E-state index contributed by atoms with van der Waals surface area (Å²) in [5.74, 6) is 0.814. The molecule has 6 rings (SSSR count). The fraction of sp³-hybridized carbons (Fsp3) is 0.423. The molecule has 2 aliphatic heterocycles. The van der Waals surface area contributed by atoms with Crippen LogP contribution in [0.25, 0.3) is 16.2 Å². The van der Waals surface area contributed by atoms with Crippen LogP contribution in [0.4, 0.5) is 20.5 Å². The standard InChI is InChI=1S/C26H27FN8O2S2/c1-3-19-23(32(2)24-30-22(20(11-28)38-24)16-4-6-17(27)7-5-16)35-25(29-19)39-26(31-35)33-9-8-15(12-33)10-21(37)34-13-18(36)14-34/h4-7,15,18,36H,3,8-10,12-14H2,1-2H3. The van der Waals surface area contributed by atoms with Crippen LogP contribution < -0.4 is 9.80 Å². The van der Waals surface area contributed by atoms with E-state index in [-0.39, 0.29) is 23.7 Å². The van der Waals surface area contributed by atoms with Crippen LogP contribution >= 0.6 is 22.7 Å². The minimum absolute atomic E-state index is 0.109. The molecule has 0 radical (unpaired) electrons. The number of anilines is 3. The summed E-state index contributed by atoms with van der Waals surface area (Å²) >= 11 is 2.79. The number of thiazole rings is 1. The summed E-state index contributed by atoms with van der Waals surface area (Å²) < 4.78 is 15.3. The van der Waals surface area contributed by atoms with E-state index in [4.69, 9.17) is 15.1 Å². The van der Waals surface area contributed by atoms with Crippen LogP contribution in [0.3, 0.4) is 0 Å². The Bertz CT molecular complexity index is 1570. The highest BCUT2D eigenvalue weighted by molar-refractivity contribution is 7.20. The van der Waals surface area contributed by atoms with E-state index < -0.39 is 0 Å². The van der Waals surface area contributed by atoms with Crippen molar-refractivity contribution >= 4 is 49.6 Å². The molecule has 2 fully saturated rings. The summed E-state index contributed by atoms with van der Waals surface area (Å²) in [5.41, 5.74) is 2.08. The molecule has 0 aliphatic carbocycles. The molecule has 0 spiro atoms. The molecule has 0 saturated carbocycles. The molecule has 1 atom stereocenters. The molecule has 0 bridgehead atoms. The normalized spacial score (nSPS) is 17.6. The van der Waals surface area contributed by atoms with Gasteiger partial charge in [-0.3, -0.25) is 4.79 Å². The molecule has 202 valence electrons. The Morgan fingerprint density at radius 3 is 2.69 bits per heavy atom. The monoisotopic (exact) mass is 566 g/mol. The third-order valence-corrected chi connectivity index (χ3v) is 9.25. The number of fused-ring (bicyclic) bond motifs is 1. The van der Waals surface area contributed by atoms with E-state index in [2.05, 4.69) is 11.0 Å². The molecule has 1 aromatic carbocycles. The lowest BCUT2D eigenvalue weighted by Crippen LogP contribution is -2.53. The number of nitriles is 1. The Kier molecular flexibility index (Phi) is 6.70. The minimum Gasteiger partial charge on any atom is -0.389 e. The van der Waals surface area contributed by atoms with Crippen LogP contribution in [0.15, 0.2) is 24.3 Å².